The summed E-state index contributed by atoms with van der Waals surface area (Å²) in [6.45, 7) is 22.9. The van der Waals surface area contributed by atoms with Gasteiger partial charge in [0.25, 0.3) is 0 Å². The molecule has 3 unspecified atom stereocenters. The molecular weight excluding hydrogens is 264 g/mol. The zero-order chi connectivity index (χ0) is 18.0. The van der Waals surface area contributed by atoms with Gasteiger partial charge in [-0.3, -0.25) is 0 Å². The van der Waals surface area contributed by atoms with Crippen molar-refractivity contribution in [2.75, 3.05) is 0 Å². The van der Waals surface area contributed by atoms with Crippen LogP contribution < -0.4 is 0 Å². The van der Waals surface area contributed by atoms with Crippen LogP contribution in [0, 0.1) is 23.7 Å². The van der Waals surface area contributed by atoms with Crippen LogP contribution in [0.2, 0.25) is 0 Å². The molecule has 0 amide bonds. The van der Waals surface area contributed by atoms with E-state index in [0.717, 1.165) is 23.7 Å². The lowest BCUT2D eigenvalue weighted by Gasteiger charge is -2.31. The lowest BCUT2D eigenvalue weighted by molar-refractivity contribution is 0.187. The van der Waals surface area contributed by atoms with Crippen molar-refractivity contribution in [2.45, 2.75) is 121 Å². The molecule has 0 aromatic heterocycles. The molecule has 0 saturated heterocycles. The second kappa shape index (κ2) is 21.0. The van der Waals surface area contributed by atoms with E-state index in [0.29, 0.717) is 0 Å². The minimum Gasteiger partial charge on any atom is -0.0656 e. The minimum absolute atomic E-state index is 0.837. The topological polar surface area (TPSA) is 0 Å². The summed E-state index contributed by atoms with van der Waals surface area (Å²) in [7, 11) is 0. The summed E-state index contributed by atoms with van der Waals surface area (Å²) >= 11 is 0. The van der Waals surface area contributed by atoms with E-state index >= 15 is 0 Å². The van der Waals surface area contributed by atoms with Crippen LogP contribution in [0.5, 0.6) is 0 Å². The number of unbranched alkanes of at least 4 members (excludes halogenated alkanes) is 3. The molecule has 0 radical (unpaired) electrons. The molecule has 0 rings (SSSR count). The summed E-state index contributed by atoms with van der Waals surface area (Å²) in [6, 6.07) is 0. The minimum atomic E-state index is 0.837. The Balaban J connectivity index is -0.000000373. The smallest absolute Gasteiger partial charge is 0.0363 e. The molecule has 138 valence electrons. The van der Waals surface area contributed by atoms with Gasteiger partial charge < -0.3 is 0 Å². The lowest BCUT2D eigenvalue weighted by atomic mass is 9.75. The fourth-order valence-corrected chi connectivity index (χ4v) is 2.88. The molecule has 0 fully saturated rings. The van der Waals surface area contributed by atoms with Crippen LogP contribution in [0.1, 0.15) is 121 Å². The molecule has 0 aromatic rings. The summed E-state index contributed by atoms with van der Waals surface area (Å²) in [6.07, 6.45) is 10.8. The maximum absolute atomic E-state index is 2.45. The lowest BCUT2D eigenvalue weighted by Crippen LogP contribution is -2.23. The van der Waals surface area contributed by atoms with Crippen LogP contribution in [-0.2, 0) is 0 Å². The molecule has 0 bridgehead atoms. The van der Waals surface area contributed by atoms with Crippen LogP contribution in [0.4, 0.5) is 0 Å². The average Bonchev–Trinajstić information content (AvgIpc) is 2.48. The average molecular weight is 315 g/mol. The molecule has 0 aromatic carbocycles. The zero-order valence-electron chi connectivity index (χ0n) is 18.0. The van der Waals surface area contributed by atoms with Crippen molar-refractivity contribution < 1.29 is 0 Å². The first-order valence-corrected chi connectivity index (χ1v) is 10.4. The Morgan fingerprint density at radius 2 is 1.05 bits per heavy atom. The Morgan fingerprint density at radius 3 is 1.27 bits per heavy atom. The van der Waals surface area contributed by atoms with Gasteiger partial charge in [-0.1, -0.05) is 121 Å². The van der Waals surface area contributed by atoms with Gasteiger partial charge >= 0.3 is 0 Å². The molecule has 0 heterocycles. The summed E-state index contributed by atoms with van der Waals surface area (Å²) in [5, 5.41) is 0. The van der Waals surface area contributed by atoms with Gasteiger partial charge in [-0.25, -0.2) is 0 Å². The van der Waals surface area contributed by atoms with Crippen LogP contribution >= 0.6 is 0 Å². The summed E-state index contributed by atoms with van der Waals surface area (Å²) in [4.78, 5) is 0. The Labute approximate surface area is 144 Å². The van der Waals surface area contributed by atoms with E-state index in [-0.39, 0.29) is 0 Å². The van der Waals surface area contributed by atoms with E-state index in [4.69, 9.17) is 0 Å². The maximum atomic E-state index is 2.45. The van der Waals surface area contributed by atoms with Crippen molar-refractivity contribution in [3.05, 3.63) is 0 Å². The zero-order valence-corrected chi connectivity index (χ0v) is 18.0. The normalized spacial score (nSPS) is 14.3. The molecule has 0 aliphatic carbocycles. The highest BCUT2D eigenvalue weighted by Crippen LogP contribution is 2.32. The molecule has 22 heavy (non-hydrogen) atoms. The van der Waals surface area contributed by atoms with E-state index in [1.165, 1.54) is 51.4 Å². The van der Waals surface area contributed by atoms with E-state index in [9.17, 15) is 0 Å². The summed E-state index contributed by atoms with van der Waals surface area (Å²) in [5.41, 5.74) is 0. The first-order chi connectivity index (χ1) is 10.4. The second-order valence-electron chi connectivity index (χ2n) is 7.36. The van der Waals surface area contributed by atoms with Crippen LogP contribution in [0.25, 0.3) is 0 Å². The molecule has 0 heteroatoms. The third-order valence-electron chi connectivity index (χ3n) is 4.65. The van der Waals surface area contributed by atoms with Gasteiger partial charge in [0, 0.05) is 0 Å². The van der Waals surface area contributed by atoms with E-state index in [1.54, 1.807) is 0 Å². The molecule has 0 N–H and O–H groups in total. The predicted molar refractivity (Wildman–Crippen MR) is 108 cm³/mol. The third kappa shape index (κ3) is 18.1. The van der Waals surface area contributed by atoms with Gasteiger partial charge in [-0.2, -0.15) is 0 Å². The van der Waals surface area contributed by atoms with Crippen molar-refractivity contribution in [2.24, 2.45) is 23.7 Å². The number of rotatable bonds is 9. The Hall–Kier alpha value is 0. The highest BCUT2D eigenvalue weighted by atomic mass is 14.3. The fourth-order valence-electron chi connectivity index (χ4n) is 2.88. The fraction of sp³-hybridized carbons (Fsp3) is 1.00. The Bertz CT molecular complexity index is 169. The maximum Gasteiger partial charge on any atom is -0.0363 e. The SMILES string of the molecule is CCC.CCCCC.CCCCC(C)C(CC)C(C)C(C)C. The monoisotopic (exact) mass is 314 g/mol. The largest absolute Gasteiger partial charge is 0.0656 e. The van der Waals surface area contributed by atoms with Gasteiger partial charge in [-0.15, -0.1) is 0 Å². The van der Waals surface area contributed by atoms with Crippen LogP contribution in [-0.4, -0.2) is 0 Å². The Kier molecular flexibility index (Phi) is 25.7. The van der Waals surface area contributed by atoms with Crippen molar-refractivity contribution in [3.8, 4) is 0 Å². The first-order valence-electron chi connectivity index (χ1n) is 10.4. The summed E-state index contributed by atoms with van der Waals surface area (Å²) < 4.78 is 0. The van der Waals surface area contributed by atoms with Crippen molar-refractivity contribution in [1.29, 1.82) is 0 Å². The third-order valence-corrected chi connectivity index (χ3v) is 4.65. The van der Waals surface area contributed by atoms with E-state index in [1.807, 2.05) is 0 Å². The molecule has 3 atom stereocenters. The second-order valence-corrected chi connectivity index (χ2v) is 7.36. The van der Waals surface area contributed by atoms with Crippen molar-refractivity contribution in [3.63, 3.8) is 0 Å². The molecule has 0 spiro atoms. The summed E-state index contributed by atoms with van der Waals surface area (Å²) in [5.74, 6) is 3.56. The highest BCUT2D eigenvalue weighted by Gasteiger charge is 2.23. The van der Waals surface area contributed by atoms with Crippen LogP contribution in [0.3, 0.4) is 0 Å². The van der Waals surface area contributed by atoms with E-state index < -0.39 is 0 Å². The quantitative estimate of drug-likeness (QED) is 0.399. The van der Waals surface area contributed by atoms with Gasteiger partial charge in [0.05, 0.1) is 0 Å². The van der Waals surface area contributed by atoms with Gasteiger partial charge in [-0.05, 0) is 23.7 Å². The van der Waals surface area contributed by atoms with Gasteiger partial charge in [0.15, 0.2) is 0 Å². The van der Waals surface area contributed by atoms with Gasteiger partial charge in [0.1, 0.15) is 0 Å². The van der Waals surface area contributed by atoms with Crippen molar-refractivity contribution >= 4 is 0 Å². The molecule has 0 nitrogen and oxygen atoms in total. The van der Waals surface area contributed by atoms with E-state index in [2.05, 4.69) is 69.2 Å². The van der Waals surface area contributed by atoms with Crippen LogP contribution in [0.15, 0.2) is 0 Å². The molecule has 0 aliphatic heterocycles. The number of hydrogen-bond donors (Lipinski definition) is 0. The number of hydrogen-bond acceptors (Lipinski definition) is 0. The first kappa shape index (κ1) is 26.9. The highest BCUT2D eigenvalue weighted by molar-refractivity contribution is 4.73. The van der Waals surface area contributed by atoms with Gasteiger partial charge in [0.2, 0.25) is 0 Å². The van der Waals surface area contributed by atoms with Crippen molar-refractivity contribution in [1.82, 2.24) is 0 Å². The molecule has 0 aliphatic rings. The molecular formula is C22H50. The predicted octanol–water partition coefficient (Wildman–Crippen LogP) is 8.74. The molecule has 0 saturated carbocycles. The Morgan fingerprint density at radius 1 is 0.636 bits per heavy atom. The standard InChI is InChI=1S/C14H30.C5H12.C3H8/c1-7-9-10-12(5)14(8-2)13(6)11(3)4;1-3-5-4-2;1-3-2/h11-14H,7-10H2,1-6H3;3-5H2,1-2H3;3H2,1-2H3.